The van der Waals surface area contributed by atoms with Crippen molar-refractivity contribution in [1.29, 1.82) is 0 Å². The van der Waals surface area contributed by atoms with Crippen molar-refractivity contribution in [3.05, 3.63) is 0 Å². The second kappa shape index (κ2) is 8.49. The molecule has 0 saturated carbocycles. The summed E-state index contributed by atoms with van der Waals surface area (Å²) in [4.78, 5) is 0. The van der Waals surface area contributed by atoms with Crippen LogP contribution in [0.1, 0.15) is 53.9 Å². The molecular weight excluding hydrogens is 272 g/mol. The average Bonchev–Trinajstić information content (AvgIpc) is 2.48. The minimum absolute atomic E-state index is 0.0856. The Bertz CT molecular complexity index is 261. The fraction of sp³-hybridized carbons (Fsp3) is 1.00. The lowest BCUT2D eigenvalue weighted by Crippen LogP contribution is -2.55. The van der Waals surface area contributed by atoms with Gasteiger partial charge in [0.05, 0.1) is 19.3 Å². The zero-order chi connectivity index (χ0) is 15.1. The highest BCUT2D eigenvalue weighted by Crippen LogP contribution is 2.32. The van der Waals surface area contributed by atoms with Gasteiger partial charge < -0.3 is 18.3 Å². The highest BCUT2D eigenvalue weighted by Gasteiger charge is 2.45. The third-order valence-corrected chi connectivity index (χ3v) is 8.00. The van der Waals surface area contributed by atoms with Crippen LogP contribution >= 0.6 is 0 Å². The highest BCUT2D eigenvalue weighted by molar-refractivity contribution is 6.67. The van der Waals surface area contributed by atoms with E-state index in [0.717, 1.165) is 44.6 Å². The molecule has 1 fully saturated rings. The Hall–Kier alpha value is 0.0569. The van der Waals surface area contributed by atoms with Crippen LogP contribution in [-0.4, -0.2) is 40.3 Å². The van der Waals surface area contributed by atoms with Gasteiger partial charge in [-0.25, -0.2) is 0 Å². The molecule has 0 radical (unpaired) electrons. The molecule has 0 aromatic carbocycles. The molecule has 2 atom stereocenters. The minimum atomic E-state index is -2.14. The maximum absolute atomic E-state index is 6.47. The molecule has 0 aromatic rings. The molecule has 5 heteroatoms. The molecule has 1 heterocycles. The first-order chi connectivity index (χ1) is 9.58. The Kier molecular flexibility index (Phi) is 7.68. The molecule has 0 aromatic heterocycles. The largest absolute Gasteiger partial charge is 0.394 e. The minimum Gasteiger partial charge on any atom is -0.394 e. The van der Waals surface area contributed by atoms with Crippen molar-refractivity contribution < 1.29 is 18.3 Å². The monoisotopic (exact) mass is 304 g/mol. The van der Waals surface area contributed by atoms with Gasteiger partial charge in [-0.2, -0.15) is 0 Å². The SMILES string of the molecule is CCC[Si](CC)(OCC)OC(C)C1(CC)OCCCO1. The van der Waals surface area contributed by atoms with Crippen LogP contribution in [0.4, 0.5) is 0 Å². The second-order valence-corrected chi connectivity index (χ2v) is 8.98. The van der Waals surface area contributed by atoms with Crippen molar-refractivity contribution in [3.63, 3.8) is 0 Å². The fourth-order valence-corrected chi connectivity index (χ4v) is 6.07. The second-order valence-electron chi connectivity index (χ2n) is 5.42. The van der Waals surface area contributed by atoms with Crippen LogP contribution in [0.15, 0.2) is 0 Å². The van der Waals surface area contributed by atoms with Crippen molar-refractivity contribution in [2.45, 2.75) is 77.9 Å². The lowest BCUT2D eigenvalue weighted by atomic mass is 10.1. The quantitative estimate of drug-likeness (QED) is 0.606. The van der Waals surface area contributed by atoms with E-state index in [1.807, 2.05) is 6.92 Å². The number of hydrogen-bond donors (Lipinski definition) is 0. The molecule has 0 amide bonds. The van der Waals surface area contributed by atoms with Crippen molar-refractivity contribution in [2.75, 3.05) is 19.8 Å². The predicted octanol–water partition coefficient (Wildman–Crippen LogP) is 3.84. The van der Waals surface area contributed by atoms with Gasteiger partial charge in [0, 0.05) is 13.0 Å². The van der Waals surface area contributed by atoms with Crippen LogP contribution in [0.25, 0.3) is 0 Å². The summed E-state index contributed by atoms with van der Waals surface area (Å²) in [6.45, 7) is 12.8. The lowest BCUT2D eigenvalue weighted by Gasteiger charge is -2.44. The topological polar surface area (TPSA) is 36.9 Å². The molecule has 2 unspecified atom stereocenters. The third-order valence-electron chi connectivity index (χ3n) is 4.06. The van der Waals surface area contributed by atoms with Crippen molar-refractivity contribution in [1.82, 2.24) is 0 Å². The molecule has 120 valence electrons. The molecule has 0 N–H and O–H groups in total. The summed E-state index contributed by atoms with van der Waals surface area (Å²) in [7, 11) is -2.14. The van der Waals surface area contributed by atoms with Crippen molar-refractivity contribution in [2.24, 2.45) is 0 Å². The van der Waals surface area contributed by atoms with Crippen LogP contribution in [0.5, 0.6) is 0 Å². The fourth-order valence-electron chi connectivity index (χ4n) is 2.90. The summed E-state index contributed by atoms with van der Waals surface area (Å²) >= 11 is 0. The molecule has 20 heavy (non-hydrogen) atoms. The maximum atomic E-state index is 6.47. The smallest absolute Gasteiger partial charge is 0.338 e. The third kappa shape index (κ3) is 4.27. The van der Waals surface area contributed by atoms with E-state index in [9.17, 15) is 0 Å². The zero-order valence-corrected chi connectivity index (χ0v) is 14.9. The van der Waals surface area contributed by atoms with Crippen molar-refractivity contribution in [3.8, 4) is 0 Å². The maximum Gasteiger partial charge on any atom is 0.338 e. The van der Waals surface area contributed by atoms with Crippen molar-refractivity contribution >= 4 is 8.56 Å². The molecule has 1 aliphatic rings. The van der Waals surface area contributed by atoms with Crippen LogP contribution in [0.2, 0.25) is 12.1 Å². The van der Waals surface area contributed by atoms with Gasteiger partial charge in [-0.15, -0.1) is 0 Å². The molecular formula is C15H32O4Si. The number of ether oxygens (including phenoxy) is 2. The molecule has 0 bridgehead atoms. The molecule has 1 saturated heterocycles. The van der Waals surface area contributed by atoms with Gasteiger partial charge >= 0.3 is 8.56 Å². The Morgan fingerprint density at radius 3 is 2.25 bits per heavy atom. The average molecular weight is 305 g/mol. The van der Waals surface area contributed by atoms with E-state index in [1.54, 1.807) is 0 Å². The first-order valence-electron chi connectivity index (χ1n) is 8.17. The molecule has 1 rings (SSSR count). The standard InChI is InChI=1S/C15H32O4Si/c1-6-13-20(9-4,18-8-3)19-14(5)15(7-2)16-11-10-12-17-15/h14H,6-13H2,1-5H3. The van der Waals surface area contributed by atoms with Gasteiger partial charge in [0.1, 0.15) is 0 Å². The summed E-state index contributed by atoms with van der Waals surface area (Å²) in [5.41, 5.74) is 0. The van der Waals surface area contributed by atoms with Crippen LogP contribution < -0.4 is 0 Å². The molecule has 0 spiro atoms. The number of hydrogen-bond acceptors (Lipinski definition) is 4. The van der Waals surface area contributed by atoms with E-state index >= 15 is 0 Å². The summed E-state index contributed by atoms with van der Waals surface area (Å²) in [6.07, 6.45) is 2.77. The van der Waals surface area contributed by atoms with Gasteiger partial charge in [-0.05, 0) is 32.4 Å². The summed E-state index contributed by atoms with van der Waals surface area (Å²) in [5.74, 6) is -0.587. The van der Waals surface area contributed by atoms with Gasteiger partial charge in [0.25, 0.3) is 0 Å². The lowest BCUT2D eigenvalue weighted by molar-refractivity contribution is -0.303. The highest BCUT2D eigenvalue weighted by atomic mass is 28.4. The van der Waals surface area contributed by atoms with E-state index in [0.29, 0.717) is 6.61 Å². The van der Waals surface area contributed by atoms with E-state index < -0.39 is 14.3 Å². The first-order valence-corrected chi connectivity index (χ1v) is 10.4. The zero-order valence-electron chi connectivity index (χ0n) is 13.9. The predicted molar refractivity (Wildman–Crippen MR) is 83.0 cm³/mol. The Balaban J connectivity index is 2.79. The normalized spacial score (nSPS) is 23.2. The van der Waals surface area contributed by atoms with Gasteiger partial charge in [-0.1, -0.05) is 27.2 Å². The van der Waals surface area contributed by atoms with Gasteiger partial charge in [0.2, 0.25) is 0 Å². The first kappa shape index (κ1) is 18.1. The van der Waals surface area contributed by atoms with Crippen LogP contribution in [0, 0.1) is 0 Å². The van der Waals surface area contributed by atoms with E-state index in [4.69, 9.17) is 18.3 Å². The Labute approximate surface area is 125 Å². The summed E-state index contributed by atoms with van der Waals surface area (Å²) in [5, 5.41) is 0. The van der Waals surface area contributed by atoms with E-state index in [1.165, 1.54) is 0 Å². The van der Waals surface area contributed by atoms with E-state index in [2.05, 4.69) is 27.7 Å². The van der Waals surface area contributed by atoms with E-state index in [-0.39, 0.29) is 6.10 Å². The van der Waals surface area contributed by atoms with Gasteiger partial charge in [-0.3, -0.25) is 0 Å². The van der Waals surface area contributed by atoms with Gasteiger partial charge in [0.15, 0.2) is 5.79 Å². The molecule has 4 nitrogen and oxygen atoms in total. The number of rotatable bonds is 9. The molecule has 1 aliphatic heterocycles. The van der Waals surface area contributed by atoms with Crippen LogP contribution in [0.3, 0.4) is 0 Å². The summed E-state index contributed by atoms with van der Waals surface area (Å²) < 4.78 is 24.4. The Morgan fingerprint density at radius 1 is 1.15 bits per heavy atom. The summed E-state index contributed by atoms with van der Waals surface area (Å²) in [6, 6.07) is 2.00. The molecule has 0 aliphatic carbocycles. The van der Waals surface area contributed by atoms with Crippen LogP contribution in [-0.2, 0) is 18.3 Å². The Morgan fingerprint density at radius 2 is 1.80 bits per heavy atom.